The fourth-order valence-corrected chi connectivity index (χ4v) is 3.78. The molecule has 2 aromatic carbocycles. The van der Waals surface area contributed by atoms with E-state index in [1.54, 1.807) is 6.92 Å². The summed E-state index contributed by atoms with van der Waals surface area (Å²) in [6.45, 7) is 8.04. The first-order valence-electron chi connectivity index (χ1n) is 10.3. The zero-order valence-corrected chi connectivity index (χ0v) is 18.0. The van der Waals surface area contributed by atoms with E-state index in [9.17, 15) is 9.59 Å². The van der Waals surface area contributed by atoms with Crippen LogP contribution in [-0.2, 0) is 22.5 Å². The third-order valence-electron chi connectivity index (χ3n) is 5.21. The zero-order valence-electron chi connectivity index (χ0n) is 18.0. The van der Waals surface area contributed by atoms with E-state index >= 15 is 0 Å². The summed E-state index contributed by atoms with van der Waals surface area (Å²) in [4.78, 5) is 25.5. The average molecular weight is 405 g/mol. The lowest BCUT2D eigenvalue weighted by Crippen LogP contribution is -2.20. The lowest BCUT2D eigenvalue weighted by molar-refractivity contribution is -0.116. The van der Waals surface area contributed by atoms with Gasteiger partial charge in [-0.15, -0.1) is 0 Å². The number of amides is 1. The fraction of sp³-hybridized carbons (Fsp3) is 0.280. The number of hydrogen-bond acceptors (Lipinski definition) is 3. The van der Waals surface area contributed by atoms with Gasteiger partial charge in [-0.3, -0.25) is 4.79 Å². The van der Waals surface area contributed by atoms with Crippen molar-refractivity contribution in [1.82, 2.24) is 4.57 Å². The van der Waals surface area contributed by atoms with E-state index in [4.69, 9.17) is 4.74 Å². The number of aryl methyl sites for hydroxylation is 1. The van der Waals surface area contributed by atoms with Crippen molar-refractivity contribution in [3.05, 3.63) is 77.0 Å². The van der Waals surface area contributed by atoms with Gasteiger partial charge >= 0.3 is 5.97 Å². The van der Waals surface area contributed by atoms with Crippen molar-refractivity contribution in [3.63, 3.8) is 0 Å². The van der Waals surface area contributed by atoms with E-state index in [2.05, 4.69) is 12.2 Å². The third-order valence-corrected chi connectivity index (χ3v) is 5.21. The Morgan fingerprint density at radius 2 is 1.73 bits per heavy atom. The van der Waals surface area contributed by atoms with Crippen LogP contribution in [0.2, 0.25) is 0 Å². The first-order valence-corrected chi connectivity index (χ1v) is 10.3. The van der Waals surface area contributed by atoms with Crippen LogP contribution in [0, 0.1) is 13.8 Å². The molecule has 0 unspecified atom stereocenters. The van der Waals surface area contributed by atoms with Crippen molar-refractivity contribution in [2.75, 3.05) is 11.9 Å². The summed E-state index contributed by atoms with van der Waals surface area (Å²) in [5, 5.41) is 2.98. The zero-order chi connectivity index (χ0) is 21.7. The smallest absolute Gasteiger partial charge is 0.340 e. The van der Waals surface area contributed by atoms with Crippen LogP contribution in [0.1, 0.15) is 41.0 Å². The highest BCUT2D eigenvalue weighted by molar-refractivity contribution is 5.96. The van der Waals surface area contributed by atoms with Crippen molar-refractivity contribution in [2.45, 2.75) is 40.7 Å². The Balaban J connectivity index is 1.99. The molecule has 0 fully saturated rings. The molecule has 0 aliphatic rings. The first kappa shape index (κ1) is 21.4. The second kappa shape index (κ2) is 9.44. The van der Waals surface area contributed by atoms with Gasteiger partial charge in [0.25, 0.3) is 0 Å². The maximum absolute atomic E-state index is 12.9. The standard InChI is InChI=1S/C25H28N2O3/c1-5-19-11-10-14-21(15-19)26-22(28)16-27-18(4)23(25(29)30-6-2)17(3)24(27)20-12-8-7-9-13-20/h7-15H,5-6,16H2,1-4H3,(H,26,28). The van der Waals surface area contributed by atoms with E-state index in [0.717, 1.165) is 40.2 Å². The summed E-state index contributed by atoms with van der Waals surface area (Å²) < 4.78 is 7.17. The minimum absolute atomic E-state index is 0.104. The third kappa shape index (κ3) is 4.46. The van der Waals surface area contributed by atoms with Crippen LogP contribution in [0.25, 0.3) is 11.3 Å². The van der Waals surface area contributed by atoms with Gasteiger partial charge in [0.05, 0.1) is 17.9 Å². The number of hydrogen-bond donors (Lipinski definition) is 1. The number of aromatic nitrogens is 1. The van der Waals surface area contributed by atoms with Crippen molar-refractivity contribution in [2.24, 2.45) is 0 Å². The molecule has 1 aromatic heterocycles. The lowest BCUT2D eigenvalue weighted by Gasteiger charge is -2.13. The quantitative estimate of drug-likeness (QED) is 0.554. The number of carbonyl (C=O) groups is 2. The molecule has 1 heterocycles. The minimum atomic E-state index is -0.362. The van der Waals surface area contributed by atoms with Gasteiger partial charge in [-0.05, 0) is 56.0 Å². The van der Waals surface area contributed by atoms with Crippen LogP contribution >= 0.6 is 0 Å². The van der Waals surface area contributed by atoms with Gasteiger partial charge in [0.2, 0.25) is 5.91 Å². The van der Waals surface area contributed by atoms with Gasteiger partial charge < -0.3 is 14.6 Å². The largest absolute Gasteiger partial charge is 0.462 e. The van der Waals surface area contributed by atoms with Crippen LogP contribution in [0.5, 0.6) is 0 Å². The number of ether oxygens (including phenoxy) is 1. The number of carbonyl (C=O) groups excluding carboxylic acids is 2. The van der Waals surface area contributed by atoms with E-state index < -0.39 is 0 Å². The summed E-state index contributed by atoms with van der Waals surface area (Å²) in [7, 11) is 0. The molecule has 0 atom stereocenters. The number of esters is 1. The van der Waals surface area contributed by atoms with Gasteiger partial charge in [-0.1, -0.05) is 49.4 Å². The van der Waals surface area contributed by atoms with Crippen LogP contribution < -0.4 is 5.32 Å². The van der Waals surface area contributed by atoms with Crippen molar-refractivity contribution >= 4 is 17.6 Å². The molecule has 0 saturated carbocycles. The Hall–Kier alpha value is -3.34. The van der Waals surface area contributed by atoms with Crippen molar-refractivity contribution in [1.29, 1.82) is 0 Å². The van der Waals surface area contributed by atoms with Crippen LogP contribution in [-0.4, -0.2) is 23.1 Å². The Bertz CT molecular complexity index is 1050. The molecule has 0 aliphatic carbocycles. The number of anilines is 1. The molecule has 3 aromatic rings. The topological polar surface area (TPSA) is 60.3 Å². The number of rotatable bonds is 7. The summed E-state index contributed by atoms with van der Waals surface area (Å²) in [6.07, 6.45) is 0.903. The predicted molar refractivity (Wildman–Crippen MR) is 120 cm³/mol. The number of benzene rings is 2. The number of nitrogens with one attached hydrogen (secondary N) is 1. The maximum Gasteiger partial charge on any atom is 0.340 e. The summed E-state index contributed by atoms with van der Waals surface area (Å²) >= 11 is 0. The van der Waals surface area contributed by atoms with E-state index in [0.29, 0.717) is 12.2 Å². The average Bonchev–Trinajstić information content (AvgIpc) is 2.98. The van der Waals surface area contributed by atoms with Crippen LogP contribution in [0.15, 0.2) is 54.6 Å². The van der Waals surface area contributed by atoms with Gasteiger partial charge in [0.15, 0.2) is 0 Å². The highest BCUT2D eigenvalue weighted by Crippen LogP contribution is 2.31. The summed E-state index contributed by atoms with van der Waals surface area (Å²) in [5.41, 5.74) is 5.81. The van der Waals surface area contributed by atoms with E-state index in [1.807, 2.05) is 73.0 Å². The minimum Gasteiger partial charge on any atom is -0.462 e. The second-order valence-corrected chi connectivity index (χ2v) is 7.21. The summed E-state index contributed by atoms with van der Waals surface area (Å²) in [5.74, 6) is -0.506. The molecular formula is C25H28N2O3. The molecule has 0 aliphatic heterocycles. The van der Waals surface area contributed by atoms with Gasteiger partial charge in [-0.2, -0.15) is 0 Å². The molecular weight excluding hydrogens is 376 g/mol. The summed E-state index contributed by atoms with van der Waals surface area (Å²) in [6, 6.07) is 17.6. The molecule has 0 radical (unpaired) electrons. The maximum atomic E-state index is 12.9. The SMILES string of the molecule is CCOC(=O)c1c(C)c(-c2ccccc2)n(CC(=O)Nc2cccc(CC)c2)c1C. The molecule has 30 heavy (non-hydrogen) atoms. The molecule has 1 amide bonds. The molecule has 0 spiro atoms. The van der Waals surface area contributed by atoms with Gasteiger partial charge in [-0.25, -0.2) is 4.79 Å². The Morgan fingerprint density at radius 1 is 1.00 bits per heavy atom. The van der Waals surface area contributed by atoms with Gasteiger partial charge in [0.1, 0.15) is 6.54 Å². The molecule has 3 rings (SSSR count). The first-order chi connectivity index (χ1) is 14.5. The monoisotopic (exact) mass is 404 g/mol. The van der Waals surface area contributed by atoms with Gasteiger partial charge in [0, 0.05) is 11.4 Å². The Kier molecular flexibility index (Phi) is 6.72. The van der Waals surface area contributed by atoms with Crippen LogP contribution in [0.3, 0.4) is 0 Å². The Labute approximate surface area is 177 Å². The predicted octanol–water partition coefficient (Wildman–Crippen LogP) is 5.15. The molecule has 156 valence electrons. The van der Waals surface area contributed by atoms with Crippen LogP contribution in [0.4, 0.5) is 5.69 Å². The molecule has 5 nitrogen and oxygen atoms in total. The highest BCUT2D eigenvalue weighted by Gasteiger charge is 2.25. The lowest BCUT2D eigenvalue weighted by atomic mass is 10.1. The second-order valence-electron chi connectivity index (χ2n) is 7.21. The molecule has 0 saturated heterocycles. The highest BCUT2D eigenvalue weighted by atomic mass is 16.5. The molecule has 0 bridgehead atoms. The molecule has 1 N–H and O–H groups in total. The van der Waals surface area contributed by atoms with E-state index in [1.165, 1.54) is 0 Å². The van der Waals surface area contributed by atoms with Crippen molar-refractivity contribution < 1.29 is 14.3 Å². The fourth-order valence-electron chi connectivity index (χ4n) is 3.78. The number of nitrogens with zero attached hydrogens (tertiary/aromatic N) is 1. The van der Waals surface area contributed by atoms with E-state index in [-0.39, 0.29) is 18.4 Å². The normalized spacial score (nSPS) is 10.7. The molecule has 5 heteroatoms. The van der Waals surface area contributed by atoms with Crippen molar-refractivity contribution in [3.8, 4) is 11.3 Å². The Morgan fingerprint density at radius 3 is 2.40 bits per heavy atom.